The number of halogens is 1. The third kappa shape index (κ3) is 4.19. The number of nitrogens with zero attached hydrogens (tertiary/aromatic N) is 2. The molecule has 0 saturated carbocycles. The standard InChI is InChI=1S/C23H23BrN2O4/c24-18-8-4-7-17(15-18)20-19(21(27)16-5-2-1-3-6-16)22(28)23(29)26(20)10-9-25-11-13-30-14-12-25/h1-8,15,20,27H,9-14H2/t20-/m1/s1. The third-order valence-corrected chi connectivity index (χ3v) is 6.01. The van der Waals surface area contributed by atoms with E-state index in [0.717, 1.165) is 23.1 Å². The number of benzene rings is 2. The van der Waals surface area contributed by atoms with Crippen molar-refractivity contribution in [2.24, 2.45) is 0 Å². The van der Waals surface area contributed by atoms with Gasteiger partial charge in [0.25, 0.3) is 11.7 Å². The second-order valence-corrected chi connectivity index (χ2v) is 8.28. The van der Waals surface area contributed by atoms with Crippen LogP contribution < -0.4 is 0 Å². The van der Waals surface area contributed by atoms with Gasteiger partial charge in [-0.3, -0.25) is 14.5 Å². The van der Waals surface area contributed by atoms with Crippen molar-refractivity contribution in [3.8, 4) is 0 Å². The predicted molar refractivity (Wildman–Crippen MR) is 117 cm³/mol. The van der Waals surface area contributed by atoms with Gasteiger partial charge in [-0.1, -0.05) is 58.4 Å². The van der Waals surface area contributed by atoms with Crippen LogP contribution in [0.4, 0.5) is 0 Å². The lowest BCUT2D eigenvalue weighted by atomic mass is 9.95. The molecule has 0 aliphatic carbocycles. The van der Waals surface area contributed by atoms with E-state index in [1.165, 1.54) is 0 Å². The number of carbonyl (C=O) groups is 2. The van der Waals surface area contributed by atoms with Gasteiger partial charge in [0.2, 0.25) is 0 Å². The number of carbonyl (C=O) groups excluding carboxylic acids is 2. The number of Topliss-reactive ketones (excluding diaryl/α,β-unsaturated/α-hetero) is 1. The van der Waals surface area contributed by atoms with Crippen LogP contribution in [0.2, 0.25) is 0 Å². The smallest absolute Gasteiger partial charge is 0.295 e. The fraction of sp³-hybridized carbons (Fsp3) is 0.304. The van der Waals surface area contributed by atoms with Gasteiger partial charge in [-0.2, -0.15) is 0 Å². The van der Waals surface area contributed by atoms with Gasteiger partial charge in [0.1, 0.15) is 5.76 Å². The number of aliphatic hydroxyl groups excluding tert-OH is 1. The van der Waals surface area contributed by atoms with Gasteiger partial charge < -0.3 is 14.7 Å². The fourth-order valence-electron chi connectivity index (χ4n) is 3.96. The summed E-state index contributed by atoms with van der Waals surface area (Å²) in [6.45, 7) is 3.98. The molecule has 2 aliphatic rings. The Morgan fingerprint density at radius 1 is 1.03 bits per heavy atom. The summed E-state index contributed by atoms with van der Waals surface area (Å²) in [5, 5.41) is 11.0. The zero-order valence-corrected chi connectivity index (χ0v) is 18.0. The van der Waals surface area contributed by atoms with Crippen molar-refractivity contribution in [1.82, 2.24) is 9.80 Å². The maximum atomic E-state index is 13.0. The van der Waals surface area contributed by atoms with Gasteiger partial charge in [-0.25, -0.2) is 0 Å². The summed E-state index contributed by atoms with van der Waals surface area (Å²) < 4.78 is 6.23. The van der Waals surface area contributed by atoms with Crippen LogP contribution in [0.3, 0.4) is 0 Å². The van der Waals surface area contributed by atoms with E-state index in [0.29, 0.717) is 31.9 Å². The first-order valence-corrected chi connectivity index (χ1v) is 10.7. The van der Waals surface area contributed by atoms with Crippen molar-refractivity contribution in [2.75, 3.05) is 39.4 Å². The van der Waals surface area contributed by atoms with Crippen molar-refractivity contribution in [3.63, 3.8) is 0 Å². The van der Waals surface area contributed by atoms with Crippen molar-refractivity contribution >= 4 is 33.4 Å². The lowest BCUT2D eigenvalue weighted by Crippen LogP contribution is -2.42. The molecule has 2 aromatic rings. The van der Waals surface area contributed by atoms with Crippen LogP contribution in [0.15, 0.2) is 64.6 Å². The van der Waals surface area contributed by atoms with Crippen LogP contribution in [-0.4, -0.2) is 66.0 Å². The summed E-state index contributed by atoms with van der Waals surface area (Å²) >= 11 is 3.47. The van der Waals surface area contributed by atoms with Crippen molar-refractivity contribution < 1.29 is 19.4 Å². The second-order valence-electron chi connectivity index (χ2n) is 7.37. The van der Waals surface area contributed by atoms with Gasteiger partial charge in [-0.15, -0.1) is 0 Å². The number of hydrogen-bond acceptors (Lipinski definition) is 5. The minimum absolute atomic E-state index is 0.131. The molecule has 0 aromatic heterocycles. The molecule has 2 aliphatic heterocycles. The molecule has 30 heavy (non-hydrogen) atoms. The lowest BCUT2D eigenvalue weighted by molar-refractivity contribution is -0.140. The number of rotatable bonds is 5. The van der Waals surface area contributed by atoms with E-state index >= 15 is 0 Å². The summed E-state index contributed by atoms with van der Waals surface area (Å²) in [5.74, 6) is -1.37. The Hall–Kier alpha value is -2.48. The van der Waals surface area contributed by atoms with E-state index in [2.05, 4.69) is 20.8 Å². The minimum atomic E-state index is -0.650. The molecule has 2 fully saturated rings. The molecule has 0 radical (unpaired) electrons. The number of ether oxygens (including phenoxy) is 1. The Morgan fingerprint density at radius 2 is 1.77 bits per heavy atom. The quantitative estimate of drug-likeness (QED) is 0.412. The van der Waals surface area contributed by atoms with Crippen LogP contribution in [0.25, 0.3) is 5.76 Å². The molecule has 4 rings (SSSR count). The Balaban J connectivity index is 1.73. The molecule has 6 nitrogen and oxygen atoms in total. The Bertz CT molecular complexity index is 970. The highest BCUT2D eigenvalue weighted by atomic mass is 79.9. The van der Waals surface area contributed by atoms with E-state index in [9.17, 15) is 14.7 Å². The molecule has 0 spiro atoms. The third-order valence-electron chi connectivity index (χ3n) is 5.51. The molecular weight excluding hydrogens is 448 g/mol. The maximum Gasteiger partial charge on any atom is 0.295 e. The van der Waals surface area contributed by atoms with Gasteiger partial charge in [0, 0.05) is 36.2 Å². The molecule has 156 valence electrons. The number of hydrogen-bond donors (Lipinski definition) is 1. The highest BCUT2D eigenvalue weighted by Gasteiger charge is 2.46. The number of ketones is 1. The summed E-state index contributed by atoms with van der Waals surface area (Å²) in [6, 6.07) is 15.8. The van der Waals surface area contributed by atoms with E-state index in [4.69, 9.17) is 4.74 Å². The monoisotopic (exact) mass is 470 g/mol. The average molecular weight is 471 g/mol. The highest BCUT2D eigenvalue weighted by molar-refractivity contribution is 9.10. The topological polar surface area (TPSA) is 70.1 Å². The van der Waals surface area contributed by atoms with Crippen molar-refractivity contribution in [2.45, 2.75) is 6.04 Å². The molecule has 1 atom stereocenters. The minimum Gasteiger partial charge on any atom is -0.507 e. The maximum absolute atomic E-state index is 13.0. The molecule has 2 aromatic carbocycles. The van der Waals surface area contributed by atoms with Crippen molar-refractivity contribution in [3.05, 3.63) is 75.8 Å². The van der Waals surface area contributed by atoms with Gasteiger partial charge in [0.05, 0.1) is 24.8 Å². The number of amides is 1. The van der Waals surface area contributed by atoms with E-state index in [1.807, 2.05) is 30.3 Å². The second kappa shape index (κ2) is 9.12. The normalized spacial score (nSPS) is 21.9. The first-order chi connectivity index (χ1) is 14.6. The summed E-state index contributed by atoms with van der Waals surface area (Å²) in [6.07, 6.45) is 0. The fourth-order valence-corrected chi connectivity index (χ4v) is 4.38. The molecular formula is C23H23BrN2O4. The summed E-state index contributed by atoms with van der Waals surface area (Å²) in [4.78, 5) is 29.8. The zero-order valence-electron chi connectivity index (χ0n) is 16.5. The lowest BCUT2D eigenvalue weighted by Gasteiger charge is -2.31. The number of morpholine rings is 1. The molecule has 1 N–H and O–H groups in total. The number of aliphatic hydroxyl groups is 1. The van der Waals surface area contributed by atoms with Crippen LogP contribution in [0.5, 0.6) is 0 Å². The molecule has 2 heterocycles. The Labute approximate surface area is 183 Å². The first-order valence-electron chi connectivity index (χ1n) is 9.95. The number of likely N-dealkylation sites (tertiary alicyclic amines) is 1. The van der Waals surface area contributed by atoms with Crippen LogP contribution in [0.1, 0.15) is 17.2 Å². The Kier molecular flexibility index (Phi) is 6.32. The van der Waals surface area contributed by atoms with Gasteiger partial charge in [-0.05, 0) is 17.7 Å². The van der Waals surface area contributed by atoms with E-state index in [1.54, 1.807) is 29.2 Å². The highest BCUT2D eigenvalue weighted by Crippen LogP contribution is 2.39. The zero-order chi connectivity index (χ0) is 21.1. The molecule has 1 amide bonds. The summed E-state index contributed by atoms with van der Waals surface area (Å²) in [7, 11) is 0. The van der Waals surface area contributed by atoms with Gasteiger partial charge >= 0.3 is 0 Å². The largest absolute Gasteiger partial charge is 0.507 e. The van der Waals surface area contributed by atoms with E-state index < -0.39 is 17.7 Å². The Morgan fingerprint density at radius 3 is 2.47 bits per heavy atom. The average Bonchev–Trinajstić information content (AvgIpc) is 3.03. The molecule has 0 bridgehead atoms. The van der Waals surface area contributed by atoms with Gasteiger partial charge in [0.15, 0.2) is 0 Å². The predicted octanol–water partition coefficient (Wildman–Crippen LogP) is 3.20. The van der Waals surface area contributed by atoms with Crippen LogP contribution >= 0.6 is 15.9 Å². The van der Waals surface area contributed by atoms with E-state index in [-0.39, 0.29) is 11.3 Å². The van der Waals surface area contributed by atoms with Crippen LogP contribution in [0, 0.1) is 0 Å². The molecule has 0 unspecified atom stereocenters. The molecule has 7 heteroatoms. The summed E-state index contributed by atoms with van der Waals surface area (Å²) in [5.41, 5.74) is 1.43. The first kappa shape index (κ1) is 20.8. The van der Waals surface area contributed by atoms with Crippen LogP contribution in [-0.2, 0) is 14.3 Å². The van der Waals surface area contributed by atoms with Crippen molar-refractivity contribution in [1.29, 1.82) is 0 Å². The SMILES string of the molecule is O=C1C(=O)N(CCN2CCOCC2)[C@H](c2cccc(Br)c2)C1=C(O)c1ccccc1. The molecule has 2 saturated heterocycles.